The number of alkyl halides is 1. The number of halogens is 1. The van der Waals surface area contributed by atoms with Gasteiger partial charge >= 0.3 is 6.03 Å². The Kier molecular flexibility index (Phi) is 3.54. The highest BCUT2D eigenvalue weighted by molar-refractivity contribution is 6.37. The Bertz CT molecular complexity index is 515. The Balaban J connectivity index is 2.24. The van der Waals surface area contributed by atoms with Gasteiger partial charge in [-0.15, -0.1) is 11.6 Å². The SMILES string of the molecule is Cc1ccc(CC2(Cl)CN(C)C(=O)N(C)C2=O)cc1. The zero-order chi connectivity index (χ0) is 14.2. The molecule has 0 N–H and O–H groups in total. The lowest BCUT2D eigenvalue weighted by Gasteiger charge is -2.39. The van der Waals surface area contributed by atoms with Crippen LogP contribution in [0.4, 0.5) is 4.79 Å². The molecule has 1 unspecified atom stereocenters. The molecule has 1 aliphatic rings. The van der Waals surface area contributed by atoms with Crippen LogP contribution in [0, 0.1) is 6.92 Å². The van der Waals surface area contributed by atoms with Crippen LogP contribution < -0.4 is 0 Å². The van der Waals surface area contributed by atoms with E-state index in [0.29, 0.717) is 6.42 Å². The topological polar surface area (TPSA) is 40.6 Å². The van der Waals surface area contributed by atoms with Gasteiger partial charge in [-0.3, -0.25) is 9.69 Å². The summed E-state index contributed by atoms with van der Waals surface area (Å²) in [6.45, 7) is 2.23. The molecule has 0 spiro atoms. The van der Waals surface area contributed by atoms with Crippen LogP contribution in [-0.2, 0) is 11.2 Å². The van der Waals surface area contributed by atoms with Crippen molar-refractivity contribution in [2.45, 2.75) is 18.2 Å². The van der Waals surface area contributed by atoms with Gasteiger partial charge in [-0.25, -0.2) is 4.79 Å². The second-order valence-electron chi connectivity index (χ2n) is 5.13. The van der Waals surface area contributed by atoms with Crippen LogP contribution in [0.15, 0.2) is 24.3 Å². The summed E-state index contributed by atoms with van der Waals surface area (Å²) in [5.74, 6) is -0.335. The van der Waals surface area contributed by atoms with Crippen molar-refractivity contribution in [2.75, 3.05) is 20.6 Å². The van der Waals surface area contributed by atoms with Crippen molar-refractivity contribution < 1.29 is 9.59 Å². The molecule has 0 bridgehead atoms. The molecular formula is C14H17ClN2O2. The lowest BCUT2D eigenvalue weighted by atomic mass is 9.94. The average molecular weight is 281 g/mol. The molecule has 4 nitrogen and oxygen atoms in total. The molecule has 0 radical (unpaired) electrons. The molecule has 102 valence electrons. The molecule has 3 amide bonds. The molecule has 2 rings (SSSR count). The highest BCUT2D eigenvalue weighted by atomic mass is 35.5. The molecule has 1 atom stereocenters. The van der Waals surface area contributed by atoms with Gasteiger partial charge in [0.2, 0.25) is 0 Å². The largest absolute Gasteiger partial charge is 0.326 e. The summed E-state index contributed by atoms with van der Waals surface area (Å²) in [5.41, 5.74) is 2.15. The first kappa shape index (κ1) is 13.9. The zero-order valence-electron chi connectivity index (χ0n) is 11.3. The number of benzene rings is 1. The minimum absolute atomic E-state index is 0.227. The van der Waals surface area contributed by atoms with Crippen molar-refractivity contribution in [1.29, 1.82) is 0 Å². The number of amides is 3. The summed E-state index contributed by atoms with van der Waals surface area (Å²) >= 11 is 6.47. The summed E-state index contributed by atoms with van der Waals surface area (Å²) < 4.78 is 0. The highest BCUT2D eigenvalue weighted by Gasteiger charge is 2.46. The molecule has 1 aliphatic heterocycles. The normalized spacial score (nSPS) is 24.0. The fourth-order valence-electron chi connectivity index (χ4n) is 2.32. The molecule has 0 saturated carbocycles. The first-order valence-corrected chi connectivity index (χ1v) is 6.49. The Morgan fingerprint density at radius 3 is 2.37 bits per heavy atom. The number of aryl methyl sites for hydroxylation is 1. The first-order chi connectivity index (χ1) is 8.83. The minimum atomic E-state index is -1.08. The summed E-state index contributed by atoms with van der Waals surface area (Å²) in [5, 5.41) is 0. The van der Waals surface area contributed by atoms with Gasteiger partial charge in [0.1, 0.15) is 4.87 Å². The maximum Gasteiger partial charge on any atom is 0.326 e. The van der Waals surface area contributed by atoms with Gasteiger partial charge in [0, 0.05) is 20.5 Å². The smallest absolute Gasteiger partial charge is 0.325 e. The molecule has 0 aliphatic carbocycles. The van der Waals surface area contributed by atoms with Crippen molar-refractivity contribution in [3.63, 3.8) is 0 Å². The average Bonchev–Trinajstić information content (AvgIpc) is 2.37. The quantitative estimate of drug-likeness (QED) is 0.778. The van der Waals surface area contributed by atoms with E-state index >= 15 is 0 Å². The van der Waals surface area contributed by atoms with E-state index in [9.17, 15) is 9.59 Å². The van der Waals surface area contributed by atoms with E-state index in [-0.39, 0.29) is 18.5 Å². The van der Waals surface area contributed by atoms with Crippen LogP contribution in [0.5, 0.6) is 0 Å². The number of imide groups is 1. The number of urea groups is 1. The Morgan fingerprint density at radius 1 is 1.21 bits per heavy atom. The van der Waals surface area contributed by atoms with Crippen LogP contribution in [0.2, 0.25) is 0 Å². The number of hydrogen-bond donors (Lipinski definition) is 0. The first-order valence-electron chi connectivity index (χ1n) is 6.11. The fourth-order valence-corrected chi connectivity index (χ4v) is 2.78. The second kappa shape index (κ2) is 4.85. The molecule has 1 heterocycles. The van der Waals surface area contributed by atoms with Crippen LogP contribution >= 0.6 is 11.6 Å². The minimum Gasteiger partial charge on any atom is -0.325 e. The Morgan fingerprint density at radius 2 is 1.79 bits per heavy atom. The standard InChI is InChI=1S/C14H17ClN2O2/c1-10-4-6-11(7-5-10)8-14(15)9-16(2)13(19)17(3)12(14)18/h4-7H,8-9H2,1-3H3. The van der Waals surface area contributed by atoms with E-state index in [0.717, 1.165) is 16.0 Å². The lowest BCUT2D eigenvalue weighted by molar-refractivity contribution is -0.132. The predicted molar refractivity (Wildman–Crippen MR) is 74.3 cm³/mol. The van der Waals surface area contributed by atoms with Gasteiger partial charge in [0.05, 0.1) is 6.54 Å². The van der Waals surface area contributed by atoms with E-state index < -0.39 is 4.87 Å². The maximum atomic E-state index is 12.2. The Hall–Kier alpha value is -1.55. The molecule has 19 heavy (non-hydrogen) atoms. The van der Waals surface area contributed by atoms with E-state index in [1.165, 1.54) is 11.9 Å². The molecule has 5 heteroatoms. The van der Waals surface area contributed by atoms with E-state index in [1.54, 1.807) is 7.05 Å². The number of nitrogens with zero attached hydrogens (tertiary/aromatic N) is 2. The third-order valence-corrected chi connectivity index (χ3v) is 3.81. The van der Waals surface area contributed by atoms with Crippen LogP contribution in [-0.4, -0.2) is 47.3 Å². The fraction of sp³-hybridized carbons (Fsp3) is 0.429. The van der Waals surface area contributed by atoms with E-state index in [2.05, 4.69) is 0 Å². The molecule has 1 saturated heterocycles. The summed E-state index contributed by atoms with van der Waals surface area (Å²) in [6.07, 6.45) is 0.412. The predicted octanol–water partition coefficient (Wildman–Crippen LogP) is 2.04. The van der Waals surface area contributed by atoms with Crippen molar-refractivity contribution in [3.05, 3.63) is 35.4 Å². The number of carbonyl (C=O) groups excluding carboxylic acids is 2. The third-order valence-electron chi connectivity index (χ3n) is 3.39. The van der Waals surface area contributed by atoms with Crippen LogP contribution in [0.3, 0.4) is 0 Å². The molecular weight excluding hydrogens is 264 g/mol. The maximum absolute atomic E-state index is 12.2. The monoisotopic (exact) mass is 280 g/mol. The Labute approximate surface area is 117 Å². The van der Waals surface area contributed by atoms with Gasteiger partial charge in [-0.05, 0) is 12.5 Å². The number of carbonyl (C=O) groups is 2. The van der Waals surface area contributed by atoms with Crippen molar-refractivity contribution in [2.24, 2.45) is 0 Å². The second-order valence-corrected chi connectivity index (χ2v) is 5.85. The van der Waals surface area contributed by atoms with Gasteiger partial charge < -0.3 is 4.90 Å². The summed E-state index contributed by atoms with van der Waals surface area (Å²) in [6, 6.07) is 7.58. The van der Waals surface area contributed by atoms with Gasteiger partial charge in [0.25, 0.3) is 5.91 Å². The van der Waals surface area contributed by atoms with Crippen LogP contribution in [0.1, 0.15) is 11.1 Å². The van der Waals surface area contributed by atoms with Gasteiger partial charge in [-0.1, -0.05) is 29.8 Å². The van der Waals surface area contributed by atoms with E-state index in [1.807, 2.05) is 31.2 Å². The third kappa shape index (κ3) is 2.59. The molecule has 1 aromatic carbocycles. The van der Waals surface area contributed by atoms with Crippen molar-refractivity contribution >= 4 is 23.5 Å². The van der Waals surface area contributed by atoms with Crippen molar-refractivity contribution in [3.8, 4) is 0 Å². The van der Waals surface area contributed by atoms with E-state index in [4.69, 9.17) is 11.6 Å². The summed E-state index contributed by atoms with van der Waals surface area (Å²) in [4.78, 5) is 25.4. The van der Waals surface area contributed by atoms with Gasteiger partial charge in [0.15, 0.2) is 0 Å². The zero-order valence-corrected chi connectivity index (χ0v) is 12.1. The molecule has 1 aromatic rings. The highest BCUT2D eigenvalue weighted by Crippen LogP contribution is 2.29. The molecule has 0 aromatic heterocycles. The van der Waals surface area contributed by atoms with Crippen LogP contribution in [0.25, 0.3) is 0 Å². The molecule has 1 fully saturated rings. The van der Waals surface area contributed by atoms with Gasteiger partial charge in [-0.2, -0.15) is 0 Å². The number of hydrogen-bond acceptors (Lipinski definition) is 2. The van der Waals surface area contributed by atoms with Crippen molar-refractivity contribution in [1.82, 2.24) is 9.80 Å². The lowest BCUT2D eigenvalue weighted by Crippen LogP contribution is -2.61. The number of rotatable bonds is 2. The summed E-state index contributed by atoms with van der Waals surface area (Å²) in [7, 11) is 3.12.